The van der Waals surface area contributed by atoms with Crippen molar-refractivity contribution in [3.63, 3.8) is 0 Å². The molecule has 1 atom stereocenters. The van der Waals surface area contributed by atoms with Crippen LogP contribution in [0.4, 0.5) is 13.2 Å². The topological polar surface area (TPSA) is 46.2 Å². The molecule has 1 saturated carbocycles. The van der Waals surface area contributed by atoms with Crippen LogP contribution >= 0.6 is 0 Å². The molecule has 2 nitrogen and oxygen atoms in total. The molecule has 2 rings (SSSR count). The zero-order valence-corrected chi connectivity index (χ0v) is 9.17. The highest BCUT2D eigenvalue weighted by molar-refractivity contribution is 5.29. The van der Waals surface area contributed by atoms with Crippen molar-refractivity contribution in [2.75, 3.05) is 0 Å². The molecule has 1 fully saturated rings. The van der Waals surface area contributed by atoms with Gasteiger partial charge in [-0.3, -0.25) is 0 Å². The van der Waals surface area contributed by atoms with E-state index >= 15 is 0 Å². The van der Waals surface area contributed by atoms with Crippen LogP contribution in [0.15, 0.2) is 24.3 Å². The van der Waals surface area contributed by atoms with Crippen molar-refractivity contribution in [3.8, 4) is 0 Å². The van der Waals surface area contributed by atoms with Gasteiger partial charge in [0, 0.05) is 5.54 Å². The molecule has 1 aromatic rings. The van der Waals surface area contributed by atoms with Gasteiger partial charge < -0.3 is 10.8 Å². The van der Waals surface area contributed by atoms with Crippen LogP contribution in [0, 0.1) is 0 Å². The quantitative estimate of drug-likeness (QED) is 0.841. The number of hydrogen-bond acceptors (Lipinski definition) is 2. The summed E-state index contributed by atoms with van der Waals surface area (Å²) in [5.41, 5.74) is 4.63. The fourth-order valence-corrected chi connectivity index (χ4v) is 2.08. The molecule has 1 unspecified atom stereocenters. The minimum Gasteiger partial charge on any atom is -0.386 e. The van der Waals surface area contributed by atoms with E-state index in [1.54, 1.807) is 0 Å². The lowest BCUT2D eigenvalue weighted by Crippen LogP contribution is -2.51. The first-order valence-electron chi connectivity index (χ1n) is 5.47. The molecule has 94 valence electrons. The van der Waals surface area contributed by atoms with Crippen LogP contribution < -0.4 is 5.73 Å². The number of aliphatic hydroxyl groups is 1. The third-order valence-electron chi connectivity index (χ3n) is 3.36. The maximum atomic E-state index is 12.5. The molecule has 1 aliphatic rings. The lowest BCUT2D eigenvalue weighted by molar-refractivity contribution is -0.137. The molecule has 0 bridgehead atoms. The highest BCUT2D eigenvalue weighted by atomic mass is 19.4. The summed E-state index contributed by atoms with van der Waals surface area (Å²) in [6, 6.07) is 4.73. The number of nitrogens with two attached hydrogens (primary N) is 1. The van der Waals surface area contributed by atoms with Gasteiger partial charge in [-0.2, -0.15) is 13.2 Å². The second-order valence-corrected chi connectivity index (χ2v) is 4.61. The SMILES string of the molecule is NC1(C(O)c2cccc(C(F)(F)F)c2)CCC1. The van der Waals surface area contributed by atoms with E-state index in [0.29, 0.717) is 12.8 Å². The van der Waals surface area contributed by atoms with Crippen molar-refractivity contribution < 1.29 is 18.3 Å². The highest BCUT2D eigenvalue weighted by Crippen LogP contribution is 2.41. The summed E-state index contributed by atoms with van der Waals surface area (Å²) in [4.78, 5) is 0. The minimum absolute atomic E-state index is 0.238. The molecule has 0 heterocycles. The summed E-state index contributed by atoms with van der Waals surface area (Å²) >= 11 is 0. The molecule has 1 aliphatic carbocycles. The van der Waals surface area contributed by atoms with Crippen molar-refractivity contribution in [1.29, 1.82) is 0 Å². The van der Waals surface area contributed by atoms with Crippen molar-refractivity contribution in [3.05, 3.63) is 35.4 Å². The Balaban J connectivity index is 2.27. The fraction of sp³-hybridized carbons (Fsp3) is 0.500. The summed E-state index contributed by atoms with van der Waals surface area (Å²) in [5, 5.41) is 10.00. The molecule has 0 saturated heterocycles. The smallest absolute Gasteiger partial charge is 0.386 e. The van der Waals surface area contributed by atoms with Crippen LogP contribution in [-0.2, 0) is 6.18 Å². The Labute approximate surface area is 97.2 Å². The molecule has 0 aromatic heterocycles. The third kappa shape index (κ3) is 2.30. The Kier molecular flexibility index (Phi) is 2.91. The summed E-state index contributed by atoms with van der Waals surface area (Å²) < 4.78 is 37.5. The summed E-state index contributed by atoms with van der Waals surface area (Å²) in [5.74, 6) is 0. The number of rotatable bonds is 2. The van der Waals surface area contributed by atoms with E-state index in [-0.39, 0.29) is 5.56 Å². The zero-order valence-electron chi connectivity index (χ0n) is 9.17. The van der Waals surface area contributed by atoms with Crippen molar-refractivity contribution >= 4 is 0 Å². The van der Waals surface area contributed by atoms with Gasteiger partial charge in [-0.25, -0.2) is 0 Å². The zero-order chi connectivity index (χ0) is 12.7. The summed E-state index contributed by atoms with van der Waals surface area (Å²) in [6.07, 6.45) is -3.23. The van der Waals surface area contributed by atoms with Gasteiger partial charge in [0.15, 0.2) is 0 Å². The predicted octanol–water partition coefficient (Wildman–Crippen LogP) is 2.62. The third-order valence-corrected chi connectivity index (χ3v) is 3.36. The van der Waals surface area contributed by atoms with Gasteiger partial charge in [0.2, 0.25) is 0 Å². The van der Waals surface area contributed by atoms with E-state index in [2.05, 4.69) is 0 Å². The van der Waals surface area contributed by atoms with Crippen molar-refractivity contribution in [2.24, 2.45) is 5.73 Å². The first kappa shape index (κ1) is 12.4. The first-order valence-corrected chi connectivity index (χ1v) is 5.47. The molecular formula is C12H14F3NO. The average Bonchev–Trinajstić information content (AvgIpc) is 2.24. The molecule has 0 amide bonds. The largest absolute Gasteiger partial charge is 0.416 e. The second-order valence-electron chi connectivity index (χ2n) is 4.61. The molecular weight excluding hydrogens is 231 g/mol. The van der Waals surface area contributed by atoms with Crippen molar-refractivity contribution in [2.45, 2.75) is 37.1 Å². The van der Waals surface area contributed by atoms with Gasteiger partial charge in [0.25, 0.3) is 0 Å². The normalized spacial score (nSPS) is 20.8. The summed E-state index contributed by atoms with van der Waals surface area (Å²) in [6.45, 7) is 0. The Bertz CT molecular complexity index is 412. The number of aliphatic hydroxyl groups excluding tert-OH is 1. The number of halogens is 3. The van der Waals surface area contributed by atoms with Gasteiger partial charge in [-0.15, -0.1) is 0 Å². The van der Waals surface area contributed by atoms with Crippen LogP contribution in [0.2, 0.25) is 0 Å². The first-order chi connectivity index (χ1) is 7.83. The number of alkyl halides is 3. The monoisotopic (exact) mass is 245 g/mol. The van der Waals surface area contributed by atoms with E-state index in [0.717, 1.165) is 18.6 Å². The van der Waals surface area contributed by atoms with E-state index in [4.69, 9.17) is 5.73 Å². The van der Waals surface area contributed by atoms with Gasteiger partial charge in [0.1, 0.15) is 0 Å². The van der Waals surface area contributed by atoms with Gasteiger partial charge in [0.05, 0.1) is 11.7 Å². The van der Waals surface area contributed by atoms with Crippen molar-refractivity contribution in [1.82, 2.24) is 0 Å². The molecule has 5 heteroatoms. The minimum atomic E-state index is -4.39. The average molecular weight is 245 g/mol. The molecule has 0 aliphatic heterocycles. The van der Waals surface area contributed by atoms with Crippen LogP contribution in [0.1, 0.15) is 36.5 Å². The lowest BCUT2D eigenvalue weighted by Gasteiger charge is -2.42. The molecule has 3 N–H and O–H groups in total. The molecule has 17 heavy (non-hydrogen) atoms. The lowest BCUT2D eigenvalue weighted by atomic mass is 9.71. The van der Waals surface area contributed by atoms with Gasteiger partial charge in [-0.05, 0) is 37.0 Å². The Morgan fingerprint density at radius 3 is 2.41 bits per heavy atom. The van der Waals surface area contributed by atoms with E-state index in [1.165, 1.54) is 12.1 Å². The predicted molar refractivity (Wildman–Crippen MR) is 57.2 cm³/mol. The second kappa shape index (κ2) is 3.99. The maximum absolute atomic E-state index is 12.5. The van der Waals surface area contributed by atoms with Crippen LogP contribution in [0.3, 0.4) is 0 Å². The number of hydrogen-bond donors (Lipinski definition) is 2. The Morgan fingerprint density at radius 2 is 1.94 bits per heavy atom. The number of benzene rings is 1. The van der Waals surface area contributed by atoms with Crippen LogP contribution in [-0.4, -0.2) is 10.6 Å². The van der Waals surface area contributed by atoms with Gasteiger partial charge in [-0.1, -0.05) is 12.1 Å². The van der Waals surface area contributed by atoms with E-state index in [1.807, 2.05) is 0 Å². The molecule has 1 aromatic carbocycles. The van der Waals surface area contributed by atoms with E-state index in [9.17, 15) is 18.3 Å². The van der Waals surface area contributed by atoms with E-state index < -0.39 is 23.4 Å². The molecule has 0 radical (unpaired) electrons. The standard InChI is InChI=1S/C12H14F3NO/c13-12(14,15)9-4-1-3-8(7-9)10(17)11(16)5-2-6-11/h1,3-4,7,10,17H,2,5-6,16H2. The maximum Gasteiger partial charge on any atom is 0.416 e. The summed E-state index contributed by atoms with van der Waals surface area (Å²) in [7, 11) is 0. The van der Waals surface area contributed by atoms with Crippen LogP contribution in [0.5, 0.6) is 0 Å². The molecule has 0 spiro atoms. The van der Waals surface area contributed by atoms with Crippen LogP contribution in [0.25, 0.3) is 0 Å². The highest BCUT2D eigenvalue weighted by Gasteiger charge is 2.41. The van der Waals surface area contributed by atoms with Gasteiger partial charge >= 0.3 is 6.18 Å². The Morgan fingerprint density at radius 1 is 1.29 bits per heavy atom. The fourth-order valence-electron chi connectivity index (χ4n) is 2.08. The Hall–Kier alpha value is -1.07.